The van der Waals surface area contributed by atoms with E-state index < -0.39 is 28.5 Å². The fourth-order valence-corrected chi connectivity index (χ4v) is 6.24. The molecule has 0 bridgehead atoms. The summed E-state index contributed by atoms with van der Waals surface area (Å²) in [5, 5.41) is 3.02. The van der Waals surface area contributed by atoms with E-state index in [1.165, 1.54) is 30.1 Å². The molecule has 1 N–H and O–H groups in total. The number of aryl methyl sites for hydroxylation is 1. The van der Waals surface area contributed by atoms with Crippen LogP contribution in [0.3, 0.4) is 0 Å². The third kappa shape index (κ3) is 7.34. The van der Waals surface area contributed by atoms with Crippen molar-refractivity contribution in [3.8, 4) is 0 Å². The molecule has 0 fully saturated rings. The first-order valence-electron chi connectivity index (χ1n) is 13.1. The molecular weight excluding hydrogens is 558 g/mol. The highest BCUT2D eigenvalue weighted by atomic mass is 35.5. The molecule has 7 nitrogen and oxygen atoms in total. The van der Waals surface area contributed by atoms with E-state index in [4.69, 9.17) is 11.6 Å². The second-order valence-corrected chi connectivity index (χ2v) is 11.9. The van der Waals surface area contributed by atoms with Crippen molar-refractivity contribution in [3.63, 3.8) is 0 Å². The highest BCUT2D eigenvalue weighted by Crippen LogP contribution is 2.30. The van der Waals surface area contributed by atoms with Gasteiger partial charge in [0.1, 0.15) is 12.6 Å². The molecule has 2 amide bonds. The number of rotatable bonds is 11. The molecule has 9 heteroatoms. The van der Waals surface area contributed by atoms with Gasteiger partial charge >= 0.3 is 0 Å². The molecule has 4 rings (SSSR count). The lowest BCUT2D eigenvalue weighted by Crippen LogP contribution is -2.53. The first kappa shape index (κ1) is 29.8. The van der Waals surface area contributed by atoms with Gasteiger partial charge in [0.05, 0.1) is 10.6 Å². The second kappa shape index (κ2) is 13.5. The Morgan fingerprint density at radius 2 is 1.39 bits per heavy atom. The fraction of sp³-hybridized carbons (Fsp3) is 0.188. The summed E-state index contributed by atoms with van der Waals surface area (Å²) in [4.78, 5) is 29.0. The molecule has 0 saturated carbocycles. The summed E-state index contributed by atoms with van der Waals surface area (Å²) in [7, 11) is -2.66. The quantitative estimate of drug-likeness (QED) is 0.260. The SMILES string of the molecule is CNC(=O)C(Cc1ccccc1)N(Cc1ccccc1)C(=O)CN(c1cc(Cl)ccc1C)S(=O)(=O)c1ccccc1. The van der Waals surface area contributed by atoms with Gasteiger partial charge in [-0.25, -0.2) is 8.42 Å². The van der Waals surface area contributed by atoms with Crippen molar-refractivity contribution in [2.24, 2.45) is 0 Å². The first-order valence-corrected chi connectivity index (χ1v) is 15.0. The van der Waals surface area contributed by atoms with Gasteiger partial charge in [-0.3, -0.25) is 13.9 Å². The van der Waals surface area contributed by atoms with Crippen molar-refractivity contribution in [1.82, 2.24) is 10.2 Å². The van der Waals surface area contributed by atoms with Crippen LogP contribution in [0.2, 0.25) is 5.02 Å². The summed E-state index contributed by atoms with van der Waals surface area (Å²) in [6.45, 7) is 1.33. The third-order valence-electron chi connectivity index (χ3n) is 6.76. The van der Waals surface area contributed by atoms with Crippen LogP contribution in [0, 0.1) is 6.92 Å². The molecule has 0 aliphatic carbocycles. The highest BCUT2D eigenvalue weighted by Gasteiger charge is 2.34. The molecule has 0 saturated heterocycles. The molecule has 0 heterocycles. The molecular formula is C32H32ClN3O4S. The van der Waals surface area contributed by atoms with Gasteiger partial charge < -0.3 is 10.2 Å². The van der Waals surface area contributed by atoms with Gasteiger partial charge in [0.2, 0.25) is 11.8 Å². The van der Waals surface area contributed by atoms with E-state index in [-0.39, 0.29) is 29.5 Å². The summed E-state index contributed by atoms with van der Waals surface area (Å²) in [5.74, 6) is -0.883. The summed E-state index contributed by atoms with van der Waals surface area (Å²) >= 11 is 6.29. The van der Waals surface area contributed by atoms with Crippen LogP contribution >= 0.6 is 11.6 Å². The van der Waals surface area contributed by atoms with Crippen molar-refractivity contribution in [3.05, 3.63) is 131 Å². The van der Waals surface area contributed by atoms with E-state index in [0.29, 0.717) is 10.6 Å². The minimum absolute atomic E-state index is 0.0360. The van der Waals surface area contributed by atoms with Crippen LogP contribution in [-0.4, -0.2) is 44.8 Å². The Hall–Kier alpha value is -4.14. The minimum atomic E-state index is -4.18. The minimum Gasteiger partial charge on any atom is -0.357 e. The maximum absolute atomic E-state index is 14.3. The molecule has 0 aliphatic heterocycles. The van der Waals surface area contributed by atoms with E-state index in [1.54, 1.807) is 37.3 Å². The Bertz CT molecular complexity index is 1580. The highest BCUT2D eigenvalue weighted by molar-refractivity contribution is 7.92. The zero-order valence-electron chi connectivity index (χ0n) is 22.9. The normalized spacial score (nSPS) is 11.9. The fourth-order valence-electron chi connectivity index (χ4n) is 4.58. The number of hydrogen-bond acceptors (Lipinski definition) is 4. The lowest BCUT2D eigenvalue weighted by Gasteiger charge is -2.34. The molecule has 4 aromatic rings. The third-order valence-corrected chi connectivity index (χ3v) is 8.77. The lowest BCUT2D eigenvalue weighted by molar-refractivity contribution is -0.139. The summed E-state index contributed by atoms with van der Waals surface area (Å²) in [6.07, 6.45) is 0.251. The van der Waals surface area contributed by atoms with Crippen molar-refractivity contribution >= 4 is 39.1 Å². The Morgan fingerprint density at radius 1 is 0.829 bits per heavy atom. The first-order chi connectivity index (χ1) is 19.7. The van der Waals surface area contributed by atoms with Gasteiger partial charge in [0.25, 0.3) is 10.0 Å². The largest absolute Gasteiger partial charge is 0.357 e. The molecule has 0 radical (unpaired) electrons. The molecule has 41 heavy (non-hydrogen) atoms. The Kier molecular flexibility index (Phi) is 9.81. The van der Waals surface area contributed by atoms with Gasteiger partial charge in [-0.2, -0.15) is 0 Å². The molecule has 1 atom stereocenters. The predicted octanol–water partition coefficient (Wildman–Crippen LogP) is 5.23. The predicted molar refractivity (Wildman–Crippen MR) is 162 cm³/mol. The summed E-state index contributed by atoms with van der Waals surface area (Å²) < 4.78 is 29.1. The number of anilines is 1. The topological polar surface area (TPSA) is 86.8 Å². The standard InChI is InChI=1S/C32H32ClN3O4S/c1-24-18-19-27(33)21-29(24)36(41(39,40)28-16-10-5-11-17-28)23-31(37)35(22-26-14-8-4-9-15-26)30(32(38)34-2)20-25-12-6-3-7-13-25/h3-19,21,30H,20,22-23H2,1-2H3,(H,34,38). The van der Waals surface area contributed by atoms with Gasteiger partial charge in [-0.15, -0.1) is 0 Å². The van der Waals surface area contributed by atoms with E-state index >= 15 is 0 Å². The lowest BCUT2D eigenvalue weighted by atomic mass is 10.0. The number of carbonyl (C=O) groups is 2. The number of likely N-dealkylation sites (N-methyl/N-ethyl adjacent to an activating group) is 1. The molecule has 4 aromatic carbocycles. The monoisotopic (exact) mass is 589 g/mol. The van der Waals surface area contributed by atoms with Gasteiger partial charge in [0.15, 0.2) is 0 Å². The Balaban J connectivity index is 1.80. The summed E-state index contributed by atoms with van der Waals surface area (Å²) in [6, 6.07) is 30.7. The maximum atomic E-state index is 14.3. The smallest absolute Gasteiger partial charge is 0.264 e. The van der Waals surface area contributed by atoms with Crippen molar-refractivity contribution in [2.45, 2.75) is 30.8 Å². The van der Waals surface area contributed by atoms with E-state index in [0.717, 1.165) is 15.4 Å². The van der Waals surface area contributed by atoms with Gasteiger partial charge in [-0.05, 0) is 47.9 Å². The van der Waals surface area contributed by atoms with Crippen LogP contribution in [0.15, 0.2) is 114 Å². The van der Waals surface area contributed by atoms with Crippen LogP contribution < -0.4 is 9.62 Å². The van der Waals surface area contributed by atoms with Crippen LogP contribution in [0.5, 0.6) is 0 Å². The number of amides is 2. The molecule has 0 spiro atoms. The van der Waals surface area contributed by atoms with E-state index in [2.05, 4.69) is 5.32 Å². The molecule has 212 valence electrons. The average molecular weight is 590 g/mol. The number of hydrogen-bond donors (Lipinski definition) is 1. The number of nitrogens with zero attached hydrogens (tertiary/aromatic N) is 2. The number of nitrogens with one attached hydrogen (secondary N) is 1. The molecule has 0 aromatic heterocycles. The van der Waals surface area contributed by atoms with Crippen LogP contribution in [0.1, 0.15) is 16.7 Å². The van der Waals surface area contributed by atoms with Crippen molar-refractivity contribution in [2.75, 3.05) is 17.9 Å². The zero-order valence-corrected chi connectivity index (χ0v) is 24.5. The Morgan fingerprint density at radius 3 is 1.98 bits per heavy atom. The zero-order chi connectivity index (χ0) is 29.4. The second-order valence-electron chi connectivity index (χ2n) is 9.58. The van der Waals surface area contributed by atoms with E-state index in [1.807, 2.05) is 60.7 Å². The van der Waals surface area contributed by atoms with Crippen LogP contribution in [-0.2, 0) is 32.6 Å². The number of halogens is 1. The van der Waals surface area contributed by atoms with E-state index in [9.17, 15) is 18.0 Å². The van der Waals surface area contributed by atoms with Crippen LogP contribution in [0.4, 0.5) is 5.69 Å². The van der Waals surface area contributed by atoms with Gasteiger partial charge in [0, 0.05) is 25.0 Å². The molecule has 1 unspecified atom stereocenters. The van der Waals surface area contributed by atoms with Crippen molar-refractivity contribution in [1.29, 1.82) is 0 Å². The number of benzene rings is 4. The molecule has 0 aliphatic rings. The van der Waals surface area contributed by atoms with Crippen LogP contribution in [0.25, 0.3) is 0 Å². The van der Waals surface area contributed by atoms with Gasteiger partial charge in [-0.1, -0.05) is 96.5 Å². The summed E-state index contributed by atoms with van der Waals surface area (Å²) in [5.41, 5.74) is 2.59. The maximum Gasteiger partial charge on any atom is 0.264 e. The Labute approximate surface area is 246 Å². The number of sulfonamides is 1. The number of carbonyl (C=O) groups excluding carboxylic acids is 2. The van der Waals surface area contributed by atoms with Crippen molar-refractivity contribution < 1.29 is 18.0 Å². The average Bonchev–Trinajstić information content (AvgIpc) is 3.00.